The fourth-order valence-corrected chi connectivity index (χ4v) is 3.25. The highest BCUT2D eigenvalue weighted by Crippen LogP contribution is 2.17. The monoisotopic (exact) mass is 283 g/mol. The summed E-state index contributed by atoms with van der Waals surface area (Å²) in [6, 6.07) is 3.91. The van der Waals surface area contributed by atoms with Crippen LogP contribution >= 0.6 is 11.3 Å². The van der Waals surface area contributed by atoms with Crippen molar-refractivity contribution in [3.05, 3.63) is 21.9 Å². The number of carbonyl (C=O) groups is 1. The molecule has 1 aliphatic rings. The van der Waals surface area contributed by atoms with Crippen LogP contribution in [0.25, 0.3) is 0 Å². The lowest BCUT2D eigenvalue weighted by Crippen LogP contribution is -2.24. The van der Waals surface area contributed by atoms with Crippen LogP contribution in [-0.4, -0.2) is 30.3 Å². The molecule has 1 fully saturated rings. The molecular weight excluding hydrogens is 262 g/mol. The van der Waals surface area contributed by atoms with Gasteiger partial charge in [-0.25, -0.2) is 0 Å². The van der Waals surface area contributed by atoms with E-state index < -0.39 is 5.97 Å². The third-order valence-electron chi connectivity index (χ3n) is 3.26. The average molecular weight is 283 g/mol. The van der Waals surface area contributed by atoms with Crippen molar-refractivity contribution in [1.29, 1.82) is 0 Å². The third-order valence-corrected chi connectivity index (χ3v) is 4.34. The predicted octanol–water partition coefficient (Wildman–Crippen LogP) is 2.42. The molecule has 0 radical (unpaired) electrons. The molecule has 0 aromatic carbocycles. The summed E-state index contributed by atoms with van der Waals surface area (Å²) in [5, 5.41) is 12.1. The minimum Gasteiger partial charge on any atom is -0.481 e. The summed E-state index contributed by atoms with van der Waals surface area (Å²) in [4.78, 5) is 12.7. The van der Waals surface area contributed by atoms with Gasteiger partial charge >= 0.3 is 5.97 Å². The zero-order valence-corrected chi connectivity index (χ0v) is 11.9. The Labute approximate surface area is 117 Å². The Hall–Kier alpha value is -0.910. The van der Waals surface area contributed by atoms with Crippen molar-refractivity contribution < 1.29 is 14.6 Å². The van der Waals surface area contributed by atoms with E-state index in [1.165, 1.54) is 24.1 Å². The van der Waals surface area contributed by atoms with E-state index in [2.05, 4.69) is 5.32 Å². The van der Waals surface area contributed by atoms with Crippen LogP contribution in [0, 0.1) is 0 Å². The van der Waals surface area contributed by atoms with Gasteiger partial charge in [0, 0.05) is 22.9 Å². The first-order valence-corrected chi connectivity index (χ1v) is 7.67. The molecule has 2 N–H and O–H groups in total. The van der Waals surface area contributed by atoms with E-state index >= 15 is 0 Å². The SMILES string of the molecule is O=C(O)Cc1ccc(CNCCC2CCCCO2)s1. The molecule has 4 nitrogen and oxygen atoms in total. The van der Waals surface area contributed by atoms with Crippen LogP contribution in [-0.2, 0) is 22.5 Å². The molecule has 2 heterocycles. The molecule has 19 heavy (non-hydrogen) atoms. The standard InChI is InChI=1S/C14H21NO3S/c16-14(17)9-12-4-5-13(19-12)10-15-7-6-11-3-1-2-8-18-11/h4-5,11,15H,1-3,6-10H2,(H,16,17). The van der Waals surface area contributed by atoms with Gasteiger partial charge in [-0.05, 0) is 44.4 Å². The lowest BCUT2D eigenvalue weighted by Gasteiger charge is -2.22. The highest BCUT2D eigenvalue weighted by molar-refractivity contribution is 7.12. The van der Waals surface area contributed by atoms with E-state index in [1.807, 2.05) is 12.1 Å². The Morgan fingerprint density at radius 1 is 1.42 bits per heavy atom. The predicted molar refractivity (Wildman–Crippen MR) is 75.6 cm³/mol. The Morgan fingerprint density at radius 3 is 3.00 bits per heavy atom. The van der Waals surface area contributed by atoms with Gasteiger partial charge in [0.05, 0.1) is 12.5 Å². The highest BCUT2D eigenvalue weighted by atomic mass is 32.1. The maximum absolute atomic E-state index is 10.6. The fourth-order valence-electron chi connectivity index (χ4n) is 2.27. The Balaban J connectivity index is 1.62. The van der Waals surface area contributed by atoms with E-state index in [0.717, 1.165) is 31.0 Å². The molecule has 2 rings (SSSR count). The van der Waals surface area contributed by atoms with Crippen molar-refractivity contribution in [2.24, 2.45) is 0 Å². The van der Waals surface area contributed by atoms with Crippen LogP contribution in [0.1, 0.15) is 35.4 Å². The van der Waals surface area contributed by atoms with Crippen molar-refractivity contribution in [2.75, 3.05) is 13.2 Å². The quantitative estimate of drug-likeness (QED) is 0.755. The zero-order valence-electron chi connectivity index (χ0n) is 11.1. The second kappa shape index (κ2) is 7.62. The first kappa shape index (κ1) is 14.5. The Kier molecular flexibility index (Phi) is 5.82. The van der Waals surface area contributed by atoms with Crippen molar-refractivity contribution in [2.45, 2.75) is 44.8 Å². The summed E-state index contributed by atoms with van der Waals surface area (Å²) < 4.78 is 5.68. The van der Waals surface area contributed by atoms with Gasteiger partial charge in [0.25, 0.3) is 0 Å². The van der Waals surface area contributed by atoms with Gasteiger partial charge in [-0.15, -0.1) is 11.3 Å². The summed E-state index contributed by atoms with van der Waals surface area (Å²) >= 11 is 1.57. The summed E-state index contributed by atoms with van der Waals surface area (Å²) in [7, 11) is 0. The van der Waals surface area contributed by atoms with Gasteiger partial charge in [0.1, 0.15) is 0 Å². The molecule has 106 valence electrons. The molecule has 0 bridgehead atoms. The number of ether oxygens (including phenoxy) is 1. The van der Waals surface area contributed by atoms with Gasteiger partial charge in [-0.2, -0.15) is 0 Å². The van der Waals surface area contributed by atoms with Crippen LogP contribution in [0.4, 0.5) is 0 Å². The summed E-state index contributed by atoms with van der Waals surface area (Å²) in [6.45, 7) is 2.68. The number of nitrogens with one attached hydrogen (secondary N) is 1. The fraction of sp³-hybridized carbons (Fsp3) is 0.643. The van der Waals surface area contributed by atoms with Crippen molar-refractivity contribution in [3.63, 3.8) is 0 Å². The number of aliphatic carboxylic acids is 1. The van der Waals surface area contributed by atoms with Crippen LogP contribution in [0.3, 0.4) is 0 Å². The molecule has 0 saturated carbocycles. The first-order valence-electron chi connectivity index (χ1n) is 6.86. The summed E-state index contributed by atoms with van der Waals surface area (Å²) in [6.07, 6.45) is 5.28. The van der Waals surface area contributed by atoms with E-state index in [1.54, 1.807) is 11.3 Å². The van der Waals surface area contributed by atoms with E-state index in [0.29, 0.717) is 6.10 Å². The number of carboxylic acid groups (broad SMARTS) is 1. The van der Waals surface area contributed by atoms with E-state index in [9.17, 15) is 4.79 Å². The molecule has 1 aromatic heterocycles. The van der Waals surface area contributed by atoms with Crippen LogP contribution in [0.15, 0.2) is 12.1 Å². The lowest BCUT2D eigenvalue weighted by molar-refractivity contribution is -0.136. The smallest absolute Gasteiger partial charge is 0.308 e. The van der Waals surface area contributed by atoms with Gasteiger partial charge in [-0.3, -0.25) is 4.79 Å². The van der Waals surface area contributed by atoms with Crippen molar-refractivity contribution in [1.82, 2.24) is 5.32 Å². The molecule has 0 spiro atoms. The molecular formula is C14H21NO3S. The maximum atomic E-state index is 10.6. The van der Waals surface area contributed by atoms with E-state index in [-0.39, 0.29) is 6.42 Å². The van der Waals surface area contributed by atoms with Gasteiger partial charge in [0.2, 0.25) is 0 Å². The summed E-state index contributed by atoms with van der Waals surface area (Å²) in [5.74, 6) is -0.768. The molecule has 0 amide bonds. The van der Waals surface area contributed by atoms with Crippen molar-refractivity contribution >= 4 is 17.3 Å². The number of thiophene rings is 1. The first-order chi connectivity index (χ1) is 9.24. The molecule has 1 atom stereocenters. The number of hydrogen-bond donors (Lipinski definition) is 2. The normalized spacial score (nSPS) is 19.5. The largest absolute Gasteiger partial charge is 0.481 e. The van der Waals surface area contributed by atoms with Crippen molar-refractivity contribution in [3.8, 4) is 0 Å². The summed E-state index contributed by atoms with van der Waals surface area (Å²) in [5.41, 5.74) is 0. The molecule has 1 unspecified atom stereocenters. The number of hydrogen-bond acceptors (Lipinski definition) is 4. The van der Waals surface area contributed by atoms with Gasteiger partial charge in [-0.1, -0.05) is 0 Å². The molecule has 1 saturated heterocycles. The van der Waals surface area contributed by atoms with Gasteiger partial charge < -0.3 is 15.2 Å². The van der Waals surface area contributed by atoms with Crippen LogP contribution < -0.4 is 5.32 Å². The molecule has 1 aromatic rings. The highest BCUT2D eigenvalue weighted by Gasteiger charge is 2.12. The molecule has 0 aliphatic carbocycles. The second-order valence-electron chi connectivity index (χ2n) is 4.89. The average Bonchev–Trinajstić information content (AvgIpc) is 2.83. The topological polar surface area (TPSA) is 58.6 Å². The zero-order chi connectivity index (χ0) is 13.5. The Bertz CT molecular complexity index is 399. The lowest BCUT2D eigenvalue weighted by atomic mass is 10.1. The van der Waals surface area contributed by atoms with E-state index in [4.69, 9.17) is 9.84 Å². The van der Waals surface area contributed by atoms with Crippen LogP contribution in [0.2, 0.25) is 0 Å². The Morgan fingerprint density at radius 2 is 2.26 bits per heavy atom. The molecule has 5 heteroatoms. The van der Waals surface area contributed by atoms with Crippen LogP contribution in [0.5, 0.6) is 0 Å². The number of rotatable bonds is 7. The second-order valence-corrected chi connectivity index (χ2v) is 6.15. The third kappa shape index (κ3) is 5.30. The van der Waals surface area contributed by atoms with Gasteiger partial charge in [0.15, 0.2) is 0 Å². The number of carboxylic acids is 1. The minimum absolute atomic E-state index is 0.126. The minimum atomic E-state index is -0.768. The maximum Gasteiger partial charge on any atom is 0.308 e. The molecule has 1 aliphatic heterocycles.